The van der Waals surface area contributed by atoms with Gasteiger partial charge in [-0.15, -0.1) is 0 Å². The van der Waals surface area contributed by atoms with Crippen LogP contribution in [0.25, 0.3) is 0 Å². The van der Waals surface area contributed by atoms with Gasteiger partial charge in [0.2, 0.25) is 0 Å². The van der Waals surface area contributed by atoms with Crippen molar-refractivity contribution in [3.8, 4) is 5.75 Å². The summed E-state index contributed by atoms with van der Waals surface area (Å²) in [7, 11) is 0. The number of rotatable bonds is 4. The predicted molar refractivity (Wildman–Crippen MR) is 67.6 cm³/mol. The second kappa shape index (κ2) is 5.70. The van der Waals surface area contributed by atoms with Crippen LogP contribution in [0.4, 0.5) is 4.39 Å². The molecule has 0 aliphatic rings. The topological polar surface area (TPSA) is 92.3 Å². The van der Waals surface area contributed by atoms with Crippen LogP contribution >= 0.6 is 11.6 Å². The van der Waals surface area contributed by atoms with Crippen LogP contribution in [0.5, 0.6) is 5.75 Å². The molecule has 2 rings (SSSR count). The van der Waals surface area contributed by atoms with Crippen molar-refractivity contribution < 1.29 is 19.0 Å². The van der Waals surface area contributed by atoms with E-state index in [1.54, 1.807) is 0 Å². The number of aromatic carboxylic acids is 1. The molecule has 0 aliphatic heterocycles. The van der Waals surface area contributed by atoms with E-state index >= 15 is 0 Å². The molecule has 104 valence electrons. The summed E-state index contributed by atoms with van der Waals surface area (Å²) in [5.74, 6) is -1.52. The normalized spacial score (nSPS) is 10.3. The number of nitrogens with one attached hydrogen (secondary N) is 1. The van der Waals surface area contributed by atoms with Gasteiger partial charge in [-0.2, -0.15) is 0 Å². The smallest absolute Gasteiger partial charge is 0.342 e. The van der Waals surface area contributed by atoms with E-state index in [9.17, 15) is 14.0 Å². The minimum Gasteiger partial charge on any atom is -0.484 e. The summed E-state index contributed by atoms with van der Waals surface area (Å²) in [5, 5.41) is 8.76. The lowest BCUT2D eigenvalue weighted by Gasteiger charge is -2.07. The zero-order valence-corrected chi connectivity index (χ0v) is 10.6. The number of nitrogens with zero attached hydrogens (tertiary/aromatic N) is 1. The van der Waals surface area contributed by atoms with Crippen molar-refractivity contribution in [2.45, 2.75) is 6.61 Å². The third-order valence-corrected chi connectivity index (χ3v) is 2.64. The Morgan fingerprint density at radius 1 is 1.50 bits per heavy atom. The van der Waals surface area contributed by atoms with Crippen LogP contribution in [-0.4, -0.2) is 21.0 Å². The summed E-state index contributed by atoms with van der Waals surface area (Å²) < 4.78 is 18.1. The second-order valence-corrected chi connectivity index (χ2v) is 4.15. The maximum Gasteiger partial charge on any atom is 0.342 e. The maximum atomic E-state index is 12.8. The fourth-order valence-corrected chi connectivity index (χ4v) is 1.62. The Morgan fingerprint density at radius 3 is 2.85 bits per heavy atom. The van der Waals surface area contributed by atoms with E-state index in [0.717, 1.165) is 12.3 Å². The molecule has 0 aliphatic carbocycles. The van der Waals surface area contributed by atoms with Gasteiger partial charge in [0.05, 0.1) is 5.02 Å². The van der Waals surface area contributed by atoms with Gasteiger partial charge >= 0.3 is 5.97 Å². The number of hydrogen-bond acceptors (Lipinski definition) is 4. The standard InChI is InChI=1S/C12H8ClFN2O4/c13-8-3-6(14)1-2-9(8)20-5-10-15-4-7(12(18)19)11(17)16-10/h1-4H,5H2,(H,18,19)(H,15,16,17). The van der Waals surface area contributed by atoms with Crippen LogP contribution in [0.3, 0.4) is 0 Å². The SMILES string of the molecule is O=C(O)c1cnc(COc2ccc(F)cc2Cl)[nH]c1=O. The average molecular weight is 299 g/mol. The van der Waals surface area contributed by atoms with Crippen LogP contribution in [-0.2, 0) is 6.61 Å². The summed E-state index contributed by atoms with van der Waals surface area (Å²) >= 11 is 5.76. The number of halogens is 2. The fourth-order valence-electron chi connectivity index (χ4n) is 1.40. The molecule has 0 spiro atoms. The molecule has 1 heterocycles. The highest BCUT2D eigenvalue weighted by Gasteiger charge is 2.10. The molecule has 2 aromatic rings. The van der Waals surface area contributed by atoms with Gasteiger partial charge in [-0.25, -0.2) is 14.2 Å². The van der Waals surface area contributed by atoms with Crippen molar-refractivity contribution in [2.24, 2.45) is 0 Å². The lowest BCUT2D eigenvalue weighted by molar-refractivity contribution is 0.0694. The highest BCUT2D eigenvalue weighted by molar-refractivity contribution is 6.32. The van der Waals surface area contributed by atoms with Crippen LogP contribution in [0.15, 0.2) is 29.2 Å². The van der Waals surface area contributed by atoms with E-state index in [-0.39, 0.29) is 23.2 Å². The highest BCUT2D eigenvalue weighted by atomic mass is 35.5. The van der Waals surface area contributed by atoms with Gasteiger partial charge in [0, 0.05) is 6.20 Å². The molecule has 8 heteroatoms. The Kier molecular flexibility index (Phi) is 3.99. The molecule has 1 aromatic heterocycles. The van der Waals surface area contributed by atoms with Crippen molar-refractivity contribution in [3.63, 3.8) is 0 Å². The number of carboxylic acids is 1. The van der Waals surface area contributed by atoms with Gasteiger partial charge in [0.15, 0.2) is 0 Å². The number of carboxylic acid groups (broad SMARTS) is 1. The van der Waals surface area contributed by atoms with Gasteiger partial charge in [-0.3, -0.25) is 4.79 Å². The number of benzene rings is 1. The Labute approximate surface area is 116 Å². The molecule has 0 atom stereocenters. The van der Waals surface area contributed by atoms with Crippen LogP contribution in [0.2, 0.25) is 5.02 Å². The lowest BCUT2D eigenvalue weighted by atomic mass is 10.3. The molecule has 0 radical (unpaired) electrons. The molecule has 1 aromatic carbocycles. The van der Waals surface area contributed by atoms with E-state index < -0.39 is 22.9 Å². The first-order chi connectivity index (χ1) is 9.47. The lowest BCUT2D eigenvalue weighted by Crippen LogP contribution is -2.20. The van der Waals surface area contributed by atoms with Crippen molar-refractivity contribution in [1.82, 2.24) is 9.97 Å². The average Bonchev–Trinajstić information content (AvgIpc) is 2.37. The van der Waals surface area contributed by atoms with Crippen molar-refractivity contribution in [1.29, 1.82) is 0 Å². The number of aromatic nitrogens is 2. The molecule has 0 amide bonds. The molecule has 2 N–H and O–H groups in total. The molecular weight excluding hydrogens is 291 g/mol. The molecule has 20 heavy (non-hydrogen) atoms. The summed E-state index contributed by atoms with van der Waals surface area (Å²) in [6.07, 6.45) is 0.937. The monoisotopic (exact) mass is 298 g/mol. The van der Waals surface area contributed by atoms with E-state index in [0.29, 0.717) is 0 Å². The number of aromatic amines is 1. The van der Waals surface area contributed by atoms with Gasteiger partial charge in [-0.1, -0.05) is 11.6 Å². The first-order valence-electron chi connectivity index (χ1n) is 5.36. The molecule has 0 fully saturated rings. The van der Waals surface area contributed by atoms with Crippen LogP contribution < -0.4 is 10.3 Å². The number of H-pyrrole nitrogens is 1. The maximum absolute atomic E-state index is 12.8. The third kappa shape index (κ3) is 3.12. The molecule has 0 bridgehead atoms. The van der Waals surface area contributed by atoms with Crippen LogP contribution in [0.1, 0.15) is 16.2 Å². The number of hydrogen-bond donors (Lipinski definition) is 2. The van der Waals surface area contributed by atoms with Crippen LogP contribution in [0, 0.1) is 5.82 Å². The van der Waals surface area contributed by atoms with Gasteiger partial charge in [0.25, 0.3) is 5.56 Å². The van der Waals surface area contributed by atoms with Crippen molar-refractivity contribution in [2.75, 3.05) is 0 Å². The molecule has 6 nitrogen and oxygen atoms in total. The quantitative estimate of drug-likeness (QED) is 0.898. The minimum atomic E-state index is -1.37. The Balaban J connectivity index is 2.13. The second-order valence-electron chi connectivity index (χ2n) is 3.74. The van der Waals surface area contributed by atoms with Gasteiger partial charge in [-0.05, 0) is 18.2 Å². The molecule has 0 saturated heterocycles. The van der Waals surface area contributed by atoms with Gasteiger partial charge in [0.1, 0.15) is 29.6 Å². The summed E-state index contributed by atoms with van der Waals surface area (Å²) in [4.78, 5) is 28.1. The summed E-state index contributed by atoms with van der Waals surface area (Å²) in [5.41, 5.74) is -1.25. The Bertz CT molecular complexity index is 717. The summed E-state index contributed by atoms with van der Waals surface area (Å²) in [6, 6.07) is 3.59. The van der Waals surface area contributed by atoms with E-state index in [2.05, 4.69) is 9.97 Å². The summed E-state index contributed by atoms with van der Waals surface area (Å²) in [6.45, 7) is -0.138. The molecule has 0 saturated carbocycles. The Hall–Kier alpha value is -2.41. The zero-order chi connectivity index (χ0) is 14.7. The molecular formula is C12H8ClFN2O4. The van der Waals surface area contributed by atoms with Crippen molar-refractivity contribution in [3.05, 3.63) is 57.0 Å². The van der Waals surface area contributed by atoms with E-state index in [1.165, 1.54) is 12.1 Å². The predicted octanol–water partition coefficient (Wildman–Crippen LogP) is 1.84. The highest BCUT2D eigenvalue weighted by Crippen LogP contribution is 2.25. The minimum absolute atomic E-state index is 0.0782. The van der Waals surface area contributed by atoms with Gasteiger partial charge < -0.3 is 14.8 Å². The number of carbonyl (C=O) groups is 1. The van der Waals surface area contributed by atoms with Crippen molar-refractivity contribution >= 4 is 17.6 Å². The first-order valence-corrected chi connectivity index (χ1v) is 5.74. The molecule has 0 unspecified atom stereocenters. The van der Waals surface area contributed by atoms with E-state index in [4.69, 9.17) is 21.4 Å². The number of ether oxygens (including phenoxy) is 1. The fraction of sp³-hybridized carbons (Fsp3) is 0.0833. The zero-order valence-electron chi connectivity index (χ0n) is 9.89. The van der Waals surface area contributed by atoms with E-state index in [1.807, 2.05) is 0 Å². The Morgan fingerprint density at radius 2 is 2.25 bits per heavy atom. The largest absolute Gasteiger partial charge is 0.484 e. The first kappa shape index (κ1) is 14.0. The third-order valence-electron chi connectivity index (χ3n) is 2.34.